The van der Waals surface area contributed by atoms with E-state index >= 15 is 0 Å². The van der Waals surface area contributed by atoms with Crippen LogP contribution < -0.4 is 15.2 Å². The topological polar surface area (TPSA) is 159 Å². The van der Waals surface area contributed by atoms with E-state index in [1.807, 2.05) is 0 Å². The molecule has 1 aliphatic rings. The molecule has 2 heterocycles. The van der Waals surface area contributed by atoms with Gasteiger partial charge in [-0.15, -0.1) is 13.2 Å². The Morgan fingerprint density at radius 2 is 2.05 bits per heavy atom. The summed E-state index contributed by atoms with van der Waals surface area (Å²) in [5.74, 6) is -0.986. The molecule has 3 unspecified atom stereocenters. The molecule has 0 saturated heterocycles. The number of nitrogens with zero attached hydrogens (tertiary/aromatic N) is 3. The standard InChI is InChI=1S/C23H24F3N5O6S/c24-23(25,26)37-18-3-1-2-14(6-18)10-31-5-4-15(11-31)21(33)19-9-28-13-29-22(19)30-17-7-16(20(32)8-17)12-36-38(27,34)35/h1-6,9,11,13,16-17,20,32H,7-8,10,12H2,(H2,27,34,35)(H,28,29,30). The number of nitrogens with one attached hydrogen (secondary N) is 1. The first-order valence-electron chi connectivity index (χ1n) is 11.3. The van der Waals surface area contributed by atoms with Gasteiger partial charge in [0.25, 0.3) is 0 Å². The number of ketones is 1. The van der Waals surface area contributed by atoms with Crippen LogP contribution >= 0.6 is 0 Å². The molecule has 204 valence electrons. The maximum absolute atomic E-state index is 13.2. The Morgan fingerprint density at radius 1 is 1.26 bits per heavy atom. The van der Waals surface area contributed by atoms with Gasteiger partial charge in [-0.1, -0.05) is 12.1 Å². The lowest BCUT2D eigenvalue weighted by molar-refractivity contribution is -0.274. The molecule has 15 heteroatoms. The molecule has 0 amide bonds. The fraction of sp³-hybridized carbons (Fsp3) is 0.348. The van der Waals surface area contributed by atoms with Crippen LogP contribution in [0, 0.1) is 5.92 Å². The second kappa shape index (κ2) is 11.1. The third-order valence-electron chi connectivity index (χ3n) is 5.91. The molecule has 0 spiro atoms. The summed E-state index contributed by atoms with van der Waals surface area (Å²) >= 11 is 0. The molecule has 1 saturated carbocycles. The largest absolute Gasteiger partial charge is 0.573 e. The van der Waals surface area contributed by atoms with E-state index in [1.165, 1.54) is 30.7 Å². The first kappa shape index (κ1) is 27.5. The number of anilines is 1. The molecule has 3 atom stereocenters. The van der Waals surface area contributed by atoms with Gasteiger partial charge in [-0.05, 0) is 36.6 Å². The number of aliphatic hydroxyl groups is 1. The quantitative estimate of drug-likeness (QED) is 0.319. The summed E-state index contributed by atoms with van der Waals surface area (Å²) < 4.78 is 69.8. The molecular weight excluding hydrogens is 531 g/mol. The number of halogens is 3. The molecule has 4 rings (SSSR count). The monoisotopic (exact) mass is 555 g/mol. The van der Waals surface area contributed by atoms with Crippen LogP contribution in [0.25, 0.3) is 0 Å². The zero-order valence-electron chi connectivity index (χ0n) is 19.7. The van der Waals surface area contributed by atoms with Crippen molar-refractivity contribution in [3.05, 3.63) is 71.9 Å². The highest BCUT2D eigenvalue weighted by atomic mass is 32.2. The van der Waals surface area contributed by atoms with Crippen LogP contribution in [0.5, 0.6) is 5.75 Å². The lowest BCUT2D eigenvalue weighted by Crippen LogP contribution is -2.24. The Hall–Kier alpha value is -3.53. The van der Waals surface area contributed by atoms with Crippen molar-refractivity contribution < 1.29 is 40.4 Å². The van der Waals surface area contributed by atoms with Crippen molar-refractivity contribution in [2.45, 2.75) is 37.9 Å². The van der Waals surface area contributed by atoms with E-state index in [0.29, 0.717) is 17.5 Å². The van der Waals surface area contributed by atoms with Crippen molar-refractivity contribution in [1.29, 1.82) is 0 Å². The molecule has 11 nitrogen and oxygen atoms in total. The summed E-state index contributed by atoms with van der Waals surface area (Å²) in [7, 11) is -4.14. The van der Waals surface area contributed by atoms with Crippen LogP contribution in [0.15, 0.2) is 55.2 Å². The van der Waals surface area contributed by atoms with Gasteiger partial charge in [-0.25, -0.2) is 15.1 Å². The molecule has 0 radical (unpaired) electrons. The molecule has 2 aromatic heterocycles. The van der Waals surface area contributed by atoms with Crippen LogP contribution in [0.3, 0.4) is 0 Å². The van der Waals surface area contributed by atoms with Crippen LogP contribution in [-0.2, 0) is 21.0 Å². The van der Waals surface area contributed by atoms with Gasteiger partial charge in [-0.3, -0.25) is 8.98 Å². The predicted octanol–water partition coefficient (Wildman–Crippen LogP) is 2.23. The fourth-order valence-electron chi connectivity index (χ4n) is 4.27. The van der Waals surface area contributed by atoms with E-state index in [-0.39, 0.29) is 42.7 Å². The van der Waals surface area contributed by atoms with Crippen molar-refractivity contribution >= 4 is 21.9 Å². The maximum atomic E-state index is 13.2. The third-order valence-corrected chi connectivity index (χ3v) is 6.38. The van der Waals surface area contributed by atoms with Crippen LogP contribution in [-0.4, -0.2) is 59.0 Å². The van der Waals surface area contributed by atoms with Gasteiger partial charge >= 0.3 is 16.7 Å². The molecular formula is C23H24F3N5O6S. The Kier molecular flexibility index (Phi) is 8.01. The lowest BCUT2D eigenvalue weighted by Gasteiger charge is -2.15. The van der Waals surface area contributed by atoms with Crippen LogP contribution in [0.2, 0.25) is 0 Å². The second-order valence-electron chi connectivity index (χ2n) is 8.80. The molecule has 1 aliphatic carbocycles. The smallest absolute Gasteiger partial charge is 0.406 e. The SMILES string of the molecule is NS(=O)(=O)OCC1CC(Nc2ncncc2C(=O)c2ccn(Cc3cccc(OC(F)(F)F)c3)c2)CC1O. The molecule has 1 aromatic carbocycles. The third kappa shape index (κ3) is 7.50. The minimum Gasteiger partial charge on any atom is -0.406 e. The average molecular weight is 556 g/mol. The van der Waals surface area contributed by atoms with E-state index < -0.39 is 34.5 Å². The van der Waals surface area contributed by atoms with E-state index in [4.69, 9.17) is 5.14 Å². The minimum absolute atomic E-state index is 0.171. The Labute approximate surface area is 215 Å². The van der Waals surface area contributed by atoms with Crippen LogP contribution in [0.4, 0.5) is 19.0 Å². The van der Waals surface area contributed by atoms with E-state index in [0.717, 1.165) is 0 Å². The van der Waals surface area contributed by atoms with Crippen molar-refractivity contribution in [3.8, 4) is 5.75 Å². The molecule has 38 heavy (non-hydrogen) atoms. The number of carbonyl (C=O) groups excluding carboxylic acids is 1. The van der Waals surface area contributed by atoms with Gasteiger partial charge in [0.2, 0.25) is 0 Å². The Morgan fingerprint density at radius 3 is 2.79 bits per heavy atom. The molecule has 3 aromatic rings. The highest BCUT2D eigenvalue weighted by Gasteiger charge is 2.35. The number of hydrogen-bond acceptors (Lipinski definition) is 9. The van der Waals surface area contributed by atoms with E-state index in [2.05, 4.69) is 24.2 Å². The number of carbonyl (C=O) groups is 1. The van der Waals surface area contributed by atoms with Crippen molar-refractivity contribution in [1.82, 2.24) is 14.5 Å². The normalized spacial score (nSPS) is 19.9. The predicted molar refractivity (Wildman–Crippen MR) is 127 cm³/mol. The van der Waals surface area contributed by atoms with Gasteiger partial charge in [0, 0.05) is 42.7 Å². The van der Waals surface area contributed by atoms with Crippen LogP contribution in [0.1, 0.15) is 34.3 Å². The number of aromatic nitrogens is 3. The first-order chi connectivity index (χ1) is 17.9. The summed E-state index contributed by atoms with van der Waals surface area (Å²) in [5.41, 5.74) is 1.01. The number of nitrogens with two attached hydrogens (primary N) is 1. The Balaban J connectivity index is 1.43. The van der Waals surface area contributed by atoms with Gasteiger partial charge in [-0.2, -0.15) is 8.42 Å². The van der Waals surface area contributed by atoms with Gasteiger partial charge in [0.05, 0.1) is 18.3 Å². The highest BCUT2D eigenvalue weighted by molar-refractivity contribution is 7.84. The minimum atomic E-state index is -4.80. The summed E-state index contributed by atoms with van der Waals surface area (Å²) in [6, 6.07) is 6.78. The Bertz CT molecular complexity index is 1400. The van der Waals surface area contributed by atoms with E-state index in [9.17, 15) is 31.5 Å². The zero-order chi connectivity index (χ0) is 27.5. The number of hydrogen-bond donors (Lipinski definition) is 3. The number of aliphatic hydroxyl groups excluding tert-OH is 1. The number of ether oxygens (including phenoxy) is 1. The first-order valence-corrected chi connectivity index (χ1v) is 12.8. The molecule has 1 fully saturated rings. The summed E-state index contributed by atoms with van der Waals surface area (Å²) in [6.45, 7) is -0.0762. The number of alkyl halides is 3. The van der Waals surface area contributed by atoms with Gasteiger partial charge in [0.15, 0.2) is 5.78 Å². The fourth-order valence-corrected chi connectivity index (χ4v) is 4.63. The molecule has 0 aliphatic heterocycles. The zero-order valence-corrected chi connectivity index (χ0v) is 20.5. The number of benzene rings is 1. The van der Waals surface area contributed by atoms with E-state index in [1.54, 1.807) is 29.1 Å². The molecule has 4 N–H and O–H groups in total. The van der Waals surface area contributed by atoms with Gasteiger partial charge in [0.1, 0.15) is 17.9 Å². The lowest BCUT2D eigenvalue weighted by atomic mass is 10.1. The summed E-state index contributed by atoms with van der Waals surface area (Å²) in [5, 5.41) is 18.2. The highest BCUT2D eigenvalue weighted by Crippen LogP contribution is 2.30. The van der Waals surface area contributed by atoms with Crippen molar-refractivity contribution in [2.24, 2.45) is 11.1 Å². The van der Waals surface area contributed by atoms with Crippen molar-refractivity contribution in [2.75, 3.05) is 11.9 Å². The average Bonchev–Trinajstić information content (AvgIpc) is 3.42. The van der Waals surface area contributed by atoms with Gasteiger partial charge < -0.3 is 19.7 Å². The maximum Gasteiger partial charge on any atom is 0.573 e. The molecule has 0 bridgehead atoms. The summed E-state index contributed by atoms with van der Waals surface area (Å²) in [6.07, 6.45) is 0.746. The second-order valence-corrected chi connectivity index (χ2v) is 10.0. The van der Waals surface area contributed by atoms with Crippen molar-refractivity contribution in [3.63, 3.8) is 0 Å². The summed E-state index contributed by atoms with van der Waals surface area (Å²) in [4.78, 5) is 21.3. The number of rotatable bonds is 10.